The van der Waals surface area contributed by atoms with E-state index in [2.05, 4.69) is 71.0 Å². The number of aromatic nitrogens is 5. The molecule has 190 valence electrons. The van der Waals surface area contributed by atoms with Crippen LogP contribution in [0.2, 0.25) is 0 Å². The Labute approximate surface area is 223 Å². The van der Waals surface area contributed by atoms with Gasteiger partial charge in [-0.05, 0) is 54.7 Å². The van der Waals surface area contributed by atoms with Crippen molar-refractivity contribution < 1.29 is 4.79 Å². The summed E-state index contributed by atoms with van der Waals surface area (Å²) in [4.78, 5) is 18.2. The molecular weight excluding hydrogens is 497 g/mol. The molecule has 0 fully saturated rings. The molecule has 2 aromatic carbocycles. The molecule has 8 nitrogen and oxygen atoms in total. The number of pyridine rings is 1. The number of anilines is 1. The second-order valence-electron chi connectivity index (χ2n) is 8.81. The lowest BCUT2D eigenvalue weighted by Gasteiger charge is -2.21. The van der Waals surface area contributed by atoms with Crippen LogP contribution in [0.1, 0.15) is 46.7 Å². The number of nitrogens with zero attached hydrogens (tertiary/aromatic N) is 4. The van der Waals surface area contributed by atoms with E-state index in [1.165, 1.54) is 0 Å². The number of nitrogens with two attached hydrogens (primary N) is 1. The molecule has 0 saturated heterocycles. The van der Waals surface area contributed by atoms with Gasteiger partial charge in [0.1, 0.15) is 0 Å². The van der Waals surface area contributed by atoms with Crippen LogP contribution in [0.3, 0.4) is 0 Å². The van der Waals surface area contributed by atoms with Crippen LogP contribution in [-0.2, 0) is 13.0 Å². The molecule has 4 rings (SSSR count). The first-order chi connectivity index (χ1) is 16.4. The zero-order valence-corrected chi connectivity index (χ0v) is 22.3. The fourth-order valence-electron chi connectivity index (χ4n) is 4.04. The zero-order valence-electron chi connectivity index (χ0n) is 20.7. The van der Waals surface area contributed by atoms with E-state index < -0.39 is 0 Å². The maximum atomic E-state index is 13.4. The third-order valence-electron chi connectivity index (χ3n) is 5.68. The maximum absolute atomic E-state index is 13.4. The topological polar surface area (TPSA) is 122 Å². The third-order valence-corrected chi connectivity index (χ3v) is 5.68. The summed E-state index contributed by atoms with van der Waals surface area (Å²) in [5.41, 5.74) is 13.9. The lowest BCUT2D eigenvalue weighted by molar-refractivity contribution is 0.102. The summed E-state index contributed by atoms with van der Waals surface area (Å²) in [6, 6.07) is 15.4. The normalized spacial score (nSPS) is 10.5. The SMILES string of the molecule is Cc1ccc(-c2c(CN)c(CC(C)C)nc(C)c2NC(=O)c2cccc(-c3nn[nH]n3)c2)cc1.Cl.Cl. The number of hydrogen-bond acceptors (Lipinski definition) is 6. The molecule has 0 spiro atoms. The number of carbonyl (C=O) groups excluding carboxylic acids is 1. The van der Waals surface area contributed by atoms with Gasteiger partial charge in [0.2, 0.25) is 5.82 Å². The summed E-state index contributed by atoms with van der Waals surface area (Å²) in [5, 5.41) is 17.1. The van der Waals surface area contributed by atoms with Crippen molar-refractivity contribution in [3.8, 4) is 22.5 Å². The number of aryl methyl sites for hydroxylation is 2. The molecule has 36 heavy (non-hydrogen) atoms. The minimum atomic E-state index is -0.247. The fraction of sp³-hybridized carbons (Fsp3) is 0.269. The quantitative estimate of drug-likeness (QED) is 0.299. The third kappa shape index (κ3) is 6.26. The van der Waals surface area contributed by atoms with Crippen molar-refractivity contribution >= 4 is 36.4 Å². The Bertz CT molecular complexity index is 1310. The summed E-state index contributed by atoms with van der Waals surface area (Å²) < 4.78 is 0. The van der Waals surface area contributed by atoms with Gasteiger partial charge in [0.05, 0.1) is 11.4 Å². The van der Waals surface area contributed by atoms with Crippen LogP contribution in [-0.4, -0.2) is 31.5 Å². The summed E-state index contributed by atoms with van der Waals surface area (Å²) in [5.74, 6) is 0.607. The van der Waals surface area contributed by atoms with E-state index in [-0.39, 0.29) is 30.7 Å². The molecule has 0 bridgehead atoms. The molecule has 1 amide bonds. The second-order valence-corrected chi connectivity index (χ2v) is 8.81. The Balaban J connectivity index is 0.00000228. The first-order valence-electron chi connectivity index (χ1n) is 11.3. The summed E-state index contributed by atoms with van der Waals surface area (Å²) in [6.45, 7) is 8.63. The largest absolute Gasteiger partial charge is 0.326 e. The van der Waals surface area contributed by atoms with Crippen LogP contribution in [0.25, 0.3) is 22.5 Å². The van der Waals surface area contributed by atoms with Gasteiger partial charge in [-0.25, -0.2) is 0 Å². The highest BCUT2D eigenvalue weighted by molar-refractivity contribution is 6.07. The number of hydrogen-bond donors (Lipinski definition) is 3. The molecule has 0 saturated carbocycles. The number of benzene rings is 2. The second kappa shape index (κ2) is 12.6. The summed E-state index contributed by atoms with van der Waals surface area (Å²) in [7, 11) is 0. The molecule has 4 aromatic rings. The van der Waals surface area contributed by atoms with Crippen molar-refractivity contribution in [3.63, 3.8) is 0 Å². The van der Waals surface area contributed by atoms with Crippen LogP contribution < -0.4 is 11.1 Å². The number of amides is 1. The van der Waals surface area contributed by atoms with Gasteiger partial charge < -0.3 is 11.1 Å². The van der Waals surface area contributed by atoms with Gasteiger partial charge in [0.15, 0.2) is 0 Å². The van der Waals surface area contributed by atoms with Crippen molar-refractivity contribution in [3.05, 3.63) is 76.6 Å². The van der Waals surface area contributed by atoms with Gasteiger partial charge in [0, 0.05) is 28.9 Å². The van der Waals surface area contributed by atoms with Gasteiger partial charge in [-0.3, -0.25) is 9.78 Å². The first-order valence-corrected chi connectivity index (χ1v) is 11.3. The van der Waals surface area contributed by atoms with Crippen molar-refractivity contribution in [1.29, 1.82) is 0 Å². The van der Waals surface area contributed by atoms with E-state index in [4.69, 9.17) is 10.7 Å². The van der Waals surface area contributed by atoms with Crippen LogP contribution in [0.4, 0.5) is 5.69 Å². The smallest absolute Gasteiger partial charge is 0.255 e. The zero-order chi connectivity index (χ0) is 24.2. The maximum Gasteiger partial charge on any atom is 0.255 e. The molecule has 0 aliphatic carbocycles. The number of H-pyrrole nitrogens is 1. The average molecular weight is 528 g/mol. The number of rotatable bonds is 7. The predicted octanol–water partition coefficient (Wildman–Crippen LogP) is 5.30. The van der Waals surface area contributed by atoms with Crippen LogP contribution in [0, 0.1) is 19.8 Å². The van der Waals surface area contributed by atoms with Crippen LogP contribution >= 0.6 is 24.8 Å². The lowest BCUT2D eigenvalue weighted by Crippen LogP contribution is -2.18. The Morgan fingerprint density at radius 1 is 1.06 bits per heavy atom. The minimum absolute atomic E-state index is 0. The number of carbonyl (C=O) groups is 1. The summed E-state index contributed by atoms with van der Waals surface area (Å²) in [6.07, 6.45) is 0.813. The first kappa shape index (κ1) is 28.9. The highest BCUT2D eigenvalue weighted by atomic mass is 35.5. The highest BCUT2D eigenvalue weighted by Gasteiger charge is 2.21. The number of nitrogens with one attached hydrogen (secondary N) is 2. The molecule has 2 aromatic heterocycles. The Kier molecular flexibility index (Phi) is 10.1. The van der Waals surface area contributed by atoms with E-state index in [0.717, 1.165) is 40.1 Å². The Morgan fingerprint density at radius 3 is 2.39 bits per heavy atom. The summed E-state index contributed by atoms with van der Waals surface area (Å²) >= 11 is 0. The molecule has 10 heteroatoms. The fourth-order valence-corrected chi connectivity index (χ4v) is 4.04. The monoisotopic (exact) mass is 527 g/mol. The number of halogens is 2. The van der Waals surface area contributed by atoms with Crippen molar-refractivity contribution in [1.82, 2.24) is 25.6 Å². The van der Waals surface area contributed by atoms with E-state index in [1.54, 1.807) is 18.2 Å². The van der Waals surface area contributed by atoms with Gasteiger partial charge in [-0.2, -0.15) is 5.21 Å². The minimum Gasteiger partial charge on any atom is -0.326 e. The molecule has 0 atom stereocenters. The van der Waals surface area contributed by atoms with E-state index in [1.807, 2.05) is 13.0 Å². The lowest BCUT2D eigenvalue weighted by atomic mass is 9.92. The molecule has 0 aliphatic heterocycles. The average Bonchev–Trinajstić information content (AvgIpc) is 3.36. The highest BCUT2D eigenvalue weighted by Crippen LogP contribution is 2.36. The van der Waals surface area contributed by atoms with Crippen molar-refractivity contribution in [2.45, 2.75) is 40.7 Å². The van der Waals surface area contributed by atoms with Gasteiger partial charge in [-0.15, -0.1) is 35.0 Å². The molecular formula is C26H31Cl2N7O. The van der Waals surface area contributed by atoms with Gasteiger partial charge in [-0.1, -0.05) is 55.8 Å². The molecule has 4 N–H and O–H groups in total. The standard InChI is InChI=1S/C26H29N7O.2ClH/c1-15(2)12-22-21(14-27)23(18-10-8-16(3)9-11-18)24(17(4)28-22)29-26(34)20-7-5-6-19(13-20)25-30-32-33-31-25;;/h5-11,13,15H,12,14,27H2,1-4H3,(H,29,34)(H,30,31,32,33);2*1H. The number of tetrazole rings is 1. The van der Waals surface area contributed by atoms with Crippen LogP contribution in [0.5, 0.6) is 0 Å². The Hall–Kier alpha value is -3.33. The van der Waals surface area contributed by atoms with E-state index in [9.17, 15) is 4.79 Å². The molecule has 0 radical (unpaired) electrons. The van der Waals surface area contributed by atoms with Crippen molar-refractivity contribution in [2.24, 2.45) is 11.7 Å². The number of aromatic amines is 1. The molecule has 2 heterocycles. The van der Waals surface area contributed by atoms with Crippen molar-refractivity contribution in [2.75, 3.05) is 5.32 Å². The Morgan fingerprint density at radius 2 is 1.78 bits per heavy atom. The predicted molar refractivity (Wildman–Crippen MR) is 148 cm³/mol. The van der Waals surface area contributed by atoms with E-state index >= 15 is 0 Å². The molecule has 0 aliphatic rings. The van der Waals surface area contributed by atoms with Crippen LogP contribution in [0.15, 0.2) is 48.5 Å². The molecule has 0 unspecified atom stereocenters. The van der Waals surface area contributed by atoms with E-state index in [0.29, 0.717) is 35.1 Å². The van der Waals surface area contributed by atoms with Gasteiger partial charge in [0.25, 0.3) is 5.91 Å². The van der Waals surface area contributed by atoms with Gasteiger partial charge >= 0.3 is 0 Å².